The molecule has 25 heavy (non-hydrogen) atoms. The molecule has 2 aromatic rings. The molecule has 0 saturated carbocycles. The van der Waals surface area contributed by atoms with Crippen LogP contribution in [0.4, 0.5) is 0 Å². The fourth-order valence-electron chi connectivity index (χ4n) is 4.45. The van der Waals surface area contributed by atoms with E-state index >= 15 is 0 Å². The molecule has 2 aliphatic rings. The lowest BCUT2D eigenvalue weighted by Gasteiger charge is -2.30. The van der Waals surface area contributed by atoms with Crippen molar-refractivity contribution in [1.29, 1.82) is 0 Å². The molecule has 2 aliphatic heterocycles. The fraction of sp³-hybridized carbons (Fsp3) is 0.556. The number of hydrogen-bond acceptors (Lipinski definition) is 5. The molecule has 0 aliphatic carbocycles. The molecule has 2 fully saturated rings. The number of likely N-dealkylation sites (tertiary alicyclic amines) is 2. The lowest BCUT2D eigenvalue weighted by atomic mass is 9.71. The van der Waals surface area contributed by atoms with Crippen molar-refractivity contribution in [2.45, 2.75) is 20.4 Å². The Morgan fingerprint density at radius 1 is 1.16 bits per heavy atom. The Bertz CT molecular complexity index is 770. The van der Waals surface area contributed by atoms with Gasteiger partial charge in [-0.15, -0.1) is 5.10 Å². The zero-order chi connectivity index (χ0) is 17.7. The Morgan fingerprint density at radius 3 is 2.52 bits per heavy atom. The lowest BCUT2D eigenvalue weighted by Crippen LogP contribution is -2.34. The summed E-state index contributed by atoms with van der Waals surface area (Å²) in [6.45, 7) is 8.71. The first-order valence-electron chi connectivity index (χ1n) is 8.66. The van der Waals surface area contributed by atoms with Gasteiger partial charge < -0.3 is 9.80 Å². The van der Waals surface area contributed by atoms with Gasteiger partial charge in [0.15, 0.2) is 5.69 Å². The smallest absolute Gasteiger partial charge is 0.276 e. The quantitative estimate of drug-likeness (QED) is 0.838. The zero-order valence-corrected chi connectivity index (χ0v) is 15.0. The summed E-state index contributed by atoms with van der Waals surface area (Å²) in [5.41, 5.74) is 1.59. The van der Waals surface area contributed by atoms with E-state index in [2.05, 4.69) is 41.1 Å². The van der Waals surface area contributed by atoms with Crippen molar-refractivity contribution in [2.24, 2.45) is 10.8 Å². The van der Waals surface area contributed by atoms with Crippen molar-refractivity contribution in [2.75, 3.05) is 33.2 Å². The van der Waals surface area contributed by atoms with Gasteiger partial charge in [-0.1, -0.05) is 25.1 Å². The van der Waals surface area contributed by atoms with Crippen LogP contribution in [0.25, 0.3) is 0 Å². The number of fused-ring (bicyclic) bond motifs is 1. The summed E-state index contributed by atoms with van der Waals surface area (Å²) >= 11 is 0. The summed E-state index contributed by atoms with van der Waals surface area (Å²) in [6.07, 6.45) is 3.47. The molecular weight excluding hydrogens is 316 g/mol. The standard InChI is InChI=1S/C18H24N6O/c1-17-10-22(3)11-18(17,2)13-23(12-17)16(25)15-9-24(21-20-15)8-14-6-4-5-7-19-14/h4-7,9H,8,10-13H2,1-3H3. The van der Waals surface area contributed by atoms with Crippen molar-refractivity contribution in [3.63, 3.8) is 0 Å². The van der Waals surface area contributed by atoms with Gasteiger partial charge in [0.1, 0.15) is 0 Å². The van der Waals surface area contributed by atoms with E-state index < -0.39 is 0 Å². The molecule has 7 nitrogen and oxygen atoms in total. The minimum atomic E-state index is -0.0215. The minimum Gasteiger partial charge on any atom is -0.336 e. The van der Waals surface area contributed by atoms with Crippen molar-refractivity contribution < 1.29 is 4.79 Å². The predicted molar refractivity (Wildman–Crippen MR) is 93.0 cm³/mol. The third-order valence-electron chi connectivity index (χ3n) is 5.87. The van der Waals surface area contributed by atoms with E-state index in [0.717, 1.165) is 31.9 Å². The number of nitrogens with zero attached hydrogens (tertiary/aromatic N) is 6. The molecule has 2 atom stereocenters. The lowest BCUT2D eigenvalue weighted by molar-refractivity contribution is 0.0755. The van der Waals surface area contributed by atoms with Crippen molar-refractivity contribution in [3.05, 3.63) is 42.0 Å². The maximum atomic E-state index is 12.9. The van der Waals surface area contributed by atoms with Gasteiger partial charge in [-0.3, -0.25) is 9.78 Å². The second-order valence-corrected chi connectivity index (χ2v) is 8.08. The monoisotopic (exact) mass is 340 g/mol. The van der Waals surface area contributed by atoms with Crippen LogP contribution in [-0.4, -0.2) is 68.9 Å². The highest BCUT2D eigenvalue weighted by Crippen LogP contribution is 2.51. The molecule has 1 amide bonds. The van der Waals surface area contributed by atoms with E-state index in [9.17, 15) is 4.79 Å². The molecule has 4 rings (SSSR count). The van der Waals surface area contributed by atoms with Gasteiger partial charge in [0.05, 0.1) is 18.4 Å². The molecular formula is C18H24N6O. The number of hydrogen-bond donors (Lipinski definition) is 0. The van der Waals surface area contributed by atoms with Crippen molar-refractivity contribution in [3.8, 4) is 0 Å². The third-order valence-corrected chi connectivity index (χ3v) is 5.87. The first-order valence-corrected chi connectivity index (χ1v) is 8.66. The van der Waals surface area contributed by atoms with Crippen molar-refractivity contribution in [1.82, 2.24) is 29.8 Å². The van der Waals surface area contributed by atoms with Gasteiger partial charge in [0, 0.05) is 43.2 Å². The number of carbonyl (C=O) groups is 1. The number of amides is 1. The maximum absolute atomic E-state index is 12.9. The molecule has 132 valence electrons. The summed E-state index contributed by atoms with van der Waals surface area (Å²) < 4.78 is 1.67. The predicted octanol–water partition coefficient (Wildman–Crippen LogP) is 1.14. The molecule has 7 heteroatoms. The summed E-state index contributed by atoms with van der Waals surface area (Å²) in [4.78, 5) is 21.5. The van der Waals surface area contributed by atoms with Gasteiger partial charge >= 0.3 is 0 Å². The second kappa shape index (κ2) is 5.62. The molecule has 2 saturated heterocycles. The molecule has 0 bridgehead atoms. The molecule has 4 heterocycles. The molecule has 0 N–H and O–H groups in total. The maximum Gasteiger partial charge on any atom is 0.276 e. The van der Waals surface area contributed by atoms with Gasteiger partial charge in [-0.2, -0.15) is 0 Å². The molecule has 0 radical (unpaired) electrons. The summed E-state index contributed by atoms with van der Waals surface area (Å²) in [5.74, 6) is -0.0215. The SMILES string of the molecule is CN1CC2(C)CN(C(=O)c3cn(Cc4ccccn4)nn3)CC2(C)C1. The third kappa shape index (κ3) is 2.72. The van der Waals surface area contributed by atoms with Crippen LogP contribution in [0.3, 0.4) is 0 Å². The second-order valence-electron chi connectivity index (χ2n) is 8.08. The van der Waals surface area contributed by atoms with Crippen LogP contribution in [0, 0.1) is 10.8 Å². The molecule has 2 aromatic heterocycles. The Hall–Kier alpha value is -2.28. The minimum absolute atomic E-state index is 0.0215. The number of rotatable bonds is 3. The Labute approximate surface area is 147 Å². The average Bonchev–Trinajstić information content (AvgIpc) is 3.16. The highest BCUT2D eigenvalue weighted by molar-refractivity contribution is 5.92. The van der Waals surface area contributed by atoms with E-state index in [1.807, 2.05) is 23.1 Å². The van der Waals surface area contributed by atoms with Crippen LogP contribution in [0.1, 0.15) is 30.0 Å². The van der Waals surface area contributed by atoms with E-state index in [1.54, 1.807) is 17.1 Å². The summed E-state index contributed by atoms with van der Waals surface area (Å²) in [6, 6.07) is 5.75. The van der Waals surface area contributed by atoms with Gasteiger partial charge in [-0.25, -0.2) is 4.68 Å². The number of aromatic nitrogens is 4. The fourth-order valence-corrected chi connectivity index (χ4v) is 4.45. The first kappa shape index (κ1) is 16.2. The zero-order valence-electron chi connectivity index (χ0n) is 15.0. The van der Waals surface area contributed by atoms with Gasteiger partial charge in [-0.05, 0) is 19.2 Å². The topological polar surface area (TPSA) is 67.2 Å². The normalized spacial score (nSPS) is 29.2. The van der Waals surface area contributed by atoms with Crippen LogP contribution < -0.4 is 0 Å². The van der Waals surface area contributed by atoms with Crippen LogP contribution in [0.15, 0.2) is 30.6 Å². The van der Waals surface area contributed by atoms with Crippen LogP contribution >= 0.6 is 0 Å². The van der Waals surface area contributed by atoms with Crippen LogP contribution in [0.5, 0.6) is 0 Å². The number of carbonyl (C=O) groups excluding carboxylic acids is 1. The highest BCUT2D eigenvalue weighted by atomic mass is 16.2. The van der Waals surface area contributed by atoms with E-state index in [0.29, 0.717) is 12.2 Å². The van der Waals surface area contributed by atoms with Gasteiger partial charge in [0.2, 0.25) is 0 Å². The van der Waals surface area contributed by atoms with Crippen LogP contribution in [0.2, 0.25) is 0 Å². The summed E-state index contributed by atoms with van der Waals surface area (Å²) in [5, 5.41) is 8.19. The molecule has 0 spiro atoms. The van der Waals surface area contributed by atoms with E-state index in [1.165, 1.54) is 0 Å². The van der Waals surface area contributed by atoms with E-state index in [-0.39, 0.29) is 16.7 Å². The van der Waals surface area contributed by atoms with Crippen molar-refractivity contribution >= 4 is 5.91 Å². The highest BCUT2D eigenvalue weighted by Gasteiger charge is 2.57. The largest absolute Gasteiger partial charge is 0.336 e. The Kier molecular flexibility index (Phi) is 3.64. The first-order chi connectivity index (χ1) is 11.9. The molecule has 0 aromatic carbocycles. The Morgan fingerprint density at radius 2 is 1.88 bits per heavy atom. The van der Waals surface area contributed by atoms with E-state index in [4.69, 9.17) is 0 Å². The van der Waals surface area contributed by atoms with Gasteiger partial charge in [0.25, 0.3) is 5.91 Å². The Balaban J connectivity index is 1.48. The average molecular weight is 340 g/mol. The molecule has 2 unspecified atom stereocenters. The summed E-state index contributed by atoms with van der Waals surface area (Å²) in [7, 11) is 2.16. The van der Waals surface area contributed by atoms with Crippen LogP contribution in [-0.2, 0) is 6.54 Å². The number of pyridine rings is 1.